The van der Waals surface area contributed by atoms with Gasteiger partial charge in [0.2, 0.25) is 0 Å². The second-order valence-electron chi connectivity index (χ2n) is 4.65. The summed E-state index contributed by atoms with van der Waals surface area (Å²) in [6, 6.07) is 0. The Morgan fingerprint density at radius 1 is 1.50 bits per heavy atom. The third-order valence-electron chi connectivity index (χ3n) is 3.05. The molecule has 1 aliphatic carbocycles. The van der Waals surface area contributed by atoms with E-state index in [4.69, 9.17) is 4.74 Å². The Morgan fingerprint density at radius 3 is 2.50 bits per heavy atom. The van der Waals surface area contributed by atoms with Gasteiger partial charge in [0.25, 0.3) is 0 Å². The molecule has 0 spiro atoms. The van der Waals surface area contributed by atoms with Crippen LogP contribution in [0.3, 0.4) is 0 Å². The minimum Gasteiger partial charge on any atom is -0.468 e. The number of ether oxygens (including phenoxy) is 1. The Hall–Kier alpha value is -1.39. The van der Waals surface area contributed by atoms with E-state index in [0.29, 0.717) is 0 Å². The summed E-state index contributed by atoms with van der Waals surface area (Å²) in [7, 11) is 3.25. The molecule has 1 heterocycles. The maximum atomic E-state index is 11.7. The van der Waals surface area contributed by atoms with Crippen molar-refractivity contribution in [3.63, 3.8) is 0 Å². The lowest BCUT2D eigenvalue weighted by Gasteiger charge is -2.10. The zero-order valence-corrected chi connectivity index (χ0v) is 10.1. The number of esters is 1. The first-order valence-corrected chi connectivity index (χ1v) is 5.51. The maximum Gasteiger partial charge on any atom is 0.319 e. The molecule has 1 aliphatic rings. The van der Waals surface area contributed by atoms with Crippen molar-refractivity contribution in [3.05, 3.63) is 11.6 Å². The summed E-state index contributed by atoms with van der Waals surface area (Å²) in [5, 5.41) is 4.33. The largest absolute Gasteiger partial charge is 0.468 e. The van der Waals surface area contributed by atoms with Gasteiger partial charge in [-0.3, -0.25) is 9.48 Å². The van der Waals surface area contributed by atoms with E-state index in [0.717, 1.165) is 24.5 Å². The fourth-order valence-electron chi connectivity index (χ4n) is 1.90. The summed E-state index contributed by atoms with van der Waals surface area (Å²) < 4.78 is 6.54. The molecule has 1 fully saturated rings. The molecule has 88 valence electrons. The molecule has 1 saturated carbocycles. The first-order valence-electron chi connectivity index (χ1n) is 5.51. The molecule has 1 aromatic heterocycles. The lowest BCUT2D eigenvalue weighted by molar-refractivity contribution is -0.144. The predicted molar refractivity (Wildman–Crippen MR) is 58.0 cm³/mol. The van der Waals surface area contributed by atoms with Crippen LogP contribution in [0.4, 0.5) is 0 Å². The number of methoxy groups -OCH3 is 1. The molecule has 16 heavy (non-hydrogen) atoms. The molecule has 0 aromatic carbocycles. The molecule has 0 radical (unpaired) electrons. The highest BCUT2D eigenvalue weighted by molar-refractivity contribution is 5.85. The van der Waals surface area contributed by atoms with Gasteiger partial charge >= 0.3 is 5.97 Å². The summed E-state index contributed by atoms with van der Waals surface area (Å²) in [6.45, 7) is 4.08. The molecule has 0 saturated heterocycles. The Balaban J connectivity index is 2.37. The van der Waals surface area contributed by atoms with Crippen LogP contribution in [0.5, 0.6) is 0 Å². The highest BCUT2D eigenvalue weighted by Crippen LogP contribution is 2.48. The smallest absolute Gasteiger partial charge is 0.319 e. The van der Waals surface area contributed by atoms with Crippen LogP contribution >= 0.6 is 0 Å². The third-order valence-corrected chi connectivity index (χ3v) is 3.05. The standard InChI is InChI=1S/C11H17N3O2/c1-7(2)8-12-9(14(3)13-8)11(5-6-11)10(15)16-4/h7H,5-6H2,1-4H3. The fourth-order valence-corrected chi connectivity index (χ4v) is 1.90. The molecule has 0 bridgehead atoms. The predicted octanol–water partition coefficient (Wildman–Crippen LogP) is 1.14. The molecule has 5 heteroatoms. The number of aromatic nitrogens is 3. The summed E-state index contributed by atoms with van der Waals surface area (Å²) in [5.41, 5.74) is -0.524. The van der Waals surface area contributed by atoms with Crippen LogP contribution < -0.4 is 0 Å². The van der Waals surface area contributed by atoms with Crippen molar-refractivity contribution >= 4 is 5.97 Å². The highest BCUT2D eigenvalue weighted by atomic mass is 16.5. The van der Waals surface area contributed by atoms with E-state index in [9.17, 15) is 4.79 Å². The monoisotopic (exact) mass is 223 g/mol. The van der Waals surface area contributed by atoms with E-state index in [2.05, 4.69) is 10.1 Å². The lowest BCUT2D eigenvalue weighted by Crippen LogP contribution is -2.25. The van der Waals surface area contributed by atoms with Gasteiger partial charge in [-0.25, -0.2) is 4.98 Å². The van der Waals surface area contributed by atoms with Gasteiger partial charge in [-0.1, -0.05) is 13.8 Å². The number of aryl methyl sites for hydroxylation is 1. The van der Waals surface area contributed by atoms with Gasteiger partial charge in [-0.05, 0) is 12.8 Å². The molecule has 0 unspecified atom stereocenters. The molecule has 0 aliphatic heterocycles. The maximum absolute atomic E-state index is 11.7. The van der Waals surface area contributed by atoms with E-state index in [1.165, 1.54) is 7.11 Å². The zero-order chi connectivity index (χ0) is 11.9. The molecule has 1 aromatic rings. The van der Waals surface area contributed by atoms with E-state index in [-0.39, 0.29) is 11.9 Å². The van der Waals surface area contributed by atoms with Gasteiger partial charge in [0.15, 0.2) is 5.82 Å². The Morgan fingerprint density at radius 2 is 2.12 bits per heavy atom. The van der Waals surface area contributed by atoms with Crippen molar-refractivity contribution in [3.8, 4) is 0 Å². The quantitative estimate of drug-likeness (QED) is 0.721. The van der Waals surface area contributed by atoms with Gasteiger partial charge in [-0.2, -0.15) is 5.10 Å². The molecular formula is C11H17N3O2. The summed E-state index contributed by atoms with van der Waals surface area (Å²) >= 11 is 0. The second kappa shape index (κ2) is 3.57. The van der Waals surface area contributed by atoms with Gasteiger partial charge in [0, 0.05) is 13.0 Å². The first kappa shape index (κ1) is 11.1. The number of rotatable bonds is 3. The minimum atomic E-state index is -0.524. The van der Waals surface area contributed by atoms with Crippen LogP contribution in [0.1, 0.15) is 44.3 Å². The number of hydrogen-bond acceptors (Lipinski definition) is 4. The van der Waals surface area contributed by atoms with Gasteiger partial charge in [0.1, 0.15) is 11.2 Å². The summed E-state index contributed by atoms with van der Waals surface area (Å²) in [4.78, 5) is 16.2. The summed E-state index contributed by atoms with van der Waals surface area (Å²) in [6.07, 6.45) is 1.62. The lowest BCUT2D eigenvalue weighted by atomic mass is 10.1. The Kier molecular flexibility index (Phi) is 2.48. The van der Waals surface area contributed by atoms with Crippen molar-refractivity contribution in [1.29, 1.82) is 0 Å². The average Bonchev–Trinajstić information content (AvgIpc) is 2.95. The molecule has 0 amide bonds. The molecule has 5 nitrogen and oxygen atoms in total. The van der Waals surface area contributed by atoms with Crippen molar-refractivity contribution in [1.82, 2.24) is 14.8 Å². The van der Waals surface area contributed by atoms with Crippen molar-refractivity contribution < 1.29 is 9.53 Å². The van der Waals surface area contributed by atoms with E-state index in [1.54, 1.807) is 4.68 Å². The molecule has 0 N–H and O–H groups in total. The topological polar surface area (TPSA) is 57.0 Å². The van der Waals surface area contributed by atoms with Crippen LogP contribution in [0.25, 0.3) is 0 Å². The van der Waals surface area contributed by atoms with Crippen LogP contribution in [0, 0.1) is 0 Å². The SMILES string of the molecule is COC(=O)C1(c2nc(C(C)C)nn2C)CC1. The zero-order valence-electron chi connectivity index (χ0n) is 10.1. The van der Waals surface area contributed by atoms with Crippen LogP contribution in [0.15, 0.2) is 0 Å². The fraction of sp³-hybridized carbons (Fsp3) is 0.727. The van der Waals surface area contributed by atoms with E-state index >= 15 is 0 Å². The number of carbonyl (C=O) groups excluding carboxylic acids is 1. The van der Waals surface area contributed by atoms with E-state index in [1.807, 2.05) is 20.9 Å². The summed E-state index contributed by atoms with van der Waals surface area (Å²) in [5.74, 6) is 1.60. The van der Waals surface area contributed by atoms with Gasteiger partial charge < -0.3 is 4.74 Å². The normalized spacial score (nSPS) is 17.6. The van der Waals surface area contributed by atoms with Gasteiger partial charge in [-0.15, -0.1) is 0 Å². The second-order valence-corrected chi connectivity index (χ2v) is 4.65. The molecule has 2 rings (SSSR count). The minimum absolute atomic E-state index is 0.196. The van der Waals surface area contributed by atoms with Crippen molar-refractivity contribution in [2.24, 2.45) is 7.05 Å². The Labute approximate surface area is 94.8 Å². The highest BCUT2D eigenvalue weighted by Gasteiger charge is 2.56. The van der Waals surface area contributed by atoms with Crippen LogP contribution in [0.2, 0.25) is 0 Å². The number of hydrogen-bond donors (Lipinski definition) is 0. The molecular weight excluding hydrogens is 206 g/mol. The Bertz CT molecular complexity index is 419. The number of nitrogens with zero attached hydrogens (tertiary/aromatic N) is 3. The van der Waals surface area contributed by atoms with Gasteiger partial charge in [0.05, 0.1) is 7.11 Å². The van der Waals surface area contributed by atoms with E-state index < -0.39 is 5.41 Å². The van der Waals surface area contributed by atoms with Crippen LogP contribution in [-0.4, -0.2) is 27.8 Å². The van der Waals surface area contributed by atoms with Crippen molar-refractivity contribution in [2.75, 3.05) is 7.11 Å². The molecule has 0 atom stereocenters. The van der Waals surface area contributed by atoms with Crippen molar-refractivity contribution in [2.45, 2.75) is 38.0 Å². The average molecular weight is 223 g/mol. The number of carbonyl (C=O) groups is 1. The first-order chi connectivity index (χ1) is 7.51. The van der Waals surface area contributed by atoms with Crippen LogP contribution in [-0.2, 0) is 22.0 Å². The third kappa shape index (κ3) is 1.50.